The summed E-state index contributed by atoms with van der Waals surface area (Å²) in [6.45, 7) is 0. The van der Waals surface area contributed by atoms with E-state index in [0.29, 0.717) is 13.7 Å². The normalized spacial score (nSPS) is 21.0. The van der Waals surface area contributed by atoms with Crippen molar-refractivity contribution in [2.45, 2.75) is 0 Å². The molecule has 0 aliphatic carbocycles. The van der Waals surface area contributed by atoms with Crippen molar-refractivity contribution in [3.63, 3.8) is 0 Å². The first-order valence-electron chi connectivity index (χ1n) is 46.8. The van der Waals surface area contributed by atoms with Gasteiger partial charge < -0.3 is 13.7 Å². The molecule has 0 spiro atoms. The fourth-order valence-electron chi connectivity index (χ4n) is 9.29. The van der Waals surface area contributed by atoms with Gasteiger partial charge in [0.1, 0.15) is 0 Å². The van der Waals surface area contributed by atoms with Crippen LogP contribution in [0.2, 0.25) is 0 Å². The predicted octanol–water partition coefficient (Wildman–Crippen LogP) is 15.7. The van der Waals surface area contributed by atoms with Gasteiger partial charge in [-0.1, -0.05) is 230 Å². The van der Waals surface area contributed by atoms with E-state index in [9.17, 15) is 39.8 Å². The zero-order valence-corrected chi connectivity index (χ0v) is 38.8. The Morgan fingerprint density at radius 2 is 0.684 bits per heavy atom. The molecule has 0 amide bonds. The Morgan fingerprint density at radius 1 is 0.237 bits per heavy atom. The fraction of sp³-hybridized carbons (Fsp3) is 0. The molecule has 76 heavy (non-hydrogen) atoms. The average molecular weight is 1030 g/mol. The van der Waals surface area contributed by atoms with Crippen molar-refractivity contribution in [2.75, 3.05) is 0 Å². The topological polar surface area (TPSA) is 14.8 Å². The van der Waals surface area contributed by atoms with E-state index in [4.69, 9.17) is 27.4 Å². The molecule has 0 saturated carbocycles. The van der Waals surface area contributed by atoms with E-state index in [1.165, 1.54) is 0 Å². The molecule has 3 heterocycles. The second-order valence-electron chi connectivity index (χ2n) is 16.3. The van der Waals surface area contributed by atoms with Crippen molar-refractivity contribution in [1.29, 1.82) is 0 Å². The van der Waals surface area contributed by atoms with Crippen molar-refractivity contribution in [3.8, 4) is 39.3 Å². The minimum absolute atomic E-state index is 0.409. The molecule has 0 unspecified atom stereocenters. The van der Waals surface area contributed by atoms with Crippen LogP contribution in [0.4, 0.5) is 0 Å². The zero-order valence-electron chi connectivity index (χ0n) is 86.8. The molecule has 0 radical (unpaired) electrons. The van der Waals surface area contributed by atoms with Crippen molar-refractivity contribution in [2.24, 2.45) is 0 Å². The van der Waals surface area contributed by atoms with Crippen LogP contribution in [-0.4, -0.2) is 21.8 Å². The van der Waals surface area contributed by atoms with Crippen LogP contribution in [0.5, 0.6) is 0 Å². The molecule has 0 aliphatic rings. The van der Waals surface area contributed by atoms with Crippen molar-refractivity contribution in [1.82, 2.24) is 13.7 Å². The lowest BCUT2D eigenvalue weighted by molar-refractivity contribution is 1.16. The highest BCUT2D eigenvalue weighted by atomic mass is 28.3. The van der Waals surface area contributed by atoms with Crippen LogP contribution in [0.15, 0.2) is 296 Å². The van der Waals surface area contributed by atoms with Gasteiger partial charge in [-0.15, -0.1) is 0 Å². The summed E-state index contributed by atoms with van der Waals surface area (Å²) in [5.41, 5.74) is -14.0. The van der Waals surface area contributed by atoms with E-state index in [1.54, 1.807) is 0 Å². The lowest BCUT2D eigenvalue weighted by Gasteiger charge is -2.34. The van der Waals surface area contributed by atoms with Gasteiger partial charge >= 0.3 is 0 Å². The summed E-state index contributed by atoms with van der Waals surface area (Å²) in [6.07, 6.45) is 0. The minimum Gasteiger partial charge on any atom is -0.309 e. The minimum atomic E-state index is -6.75. The summed E-state index contributed by atoms with van der Waals surface area (Å²) >= 11 is 0. The Balaban J connectivity index is 1.16. The maximum Gasteiger partial charge on any atom is 0.179 e. The van der Waals surface area contributed by atoms with Crippen LogP contribution in [0.1, 0.15) is 67.2 Å². The maximum atomic E-state index is 10.8. The maximum absolute atomic E-state index is 10.8. The molecule has 0 fully saturated rings. The van der Waals surface area contributed by atoms with Crippen molar-refractivity contribution in [3.05, 3.63) is 296 Å². The fourth-order valence-corrected chi connectivity index (χ4v) is 12.9. The molecule has 4 heteroatoms. The molecule has 0 aliphatic heterocycles. The van der Waals surface area contributed by atoms with Crippen molar-refractivity contribution >= 4 is 94.2 Å². The molecular formula is C72H49N3Si. The van der Waals surface area contributed by atoms with Crippen LogP contribution >= 0.6 is 0 Å². The van der Waals surface area contributed by atoms with Crippen LogP contribution in [0.3, 0.4) is 0 Å². The molecule has 0 saturated heterocycles. The van der Waals surface area contributed by atoms with Gasteiger partial charge in [0.2, 0.25) is 0 Å². The Morgan fingerprint density at radius 3 is 1.33 bits per heavy atom. The third kappa shape index (κ3) is 6.74. The first-order valence-corrected chi connectivity index (χ1v) is 24.3. The van der Waals surface area contributed by atoms with Crippen molar-refractivity contribution < 1.29 is 67.2 Å². The number of aromatic nitrogens is 3. The average Bonchev–Trinajstić information content (AvgIpc) is 1.66. The van der Waals surface area contributed by atoms with Gasteiger partial charge in [0, 0.05) is 49.3 Å². The third-order valence-corrected chi connectivity index (χ3v) is 16.4. The smallest absolute Gasteiger partial charge is 0.179 e. The van der Waals surface area contributed by atoms with Gasteiger partial charge in [0.15, 0.2) is 8.07 Å². The lowest BCUT2D eigenvalue weighted by Crippen LogP contribution is -2.74. The van der Waals surface area contributed by atoms with Gasteiger partial charge in [-0.25, -0.2) is 0 Å². The van der Waals surface area contributed by atoms with Crippen LogP contribution < -0.4 is 20.7 Å². The van der Waals surface area contributed by atoms with Gasteiger partial charge in [-0.2, -0.15) is 0 Å². The number of fused-ring (bicyclic) bond motifs is 9. The molecule has 15 aromatic rings. The van der Waals surface area contributed by atoms with E-state index >= 15 is 0 Å². The number of para-hydroxylation sites is 4. The second-order valence-corrected chi connectivity index (χ2v) is 19.8. The first kappa shape index (κ1) is 16.9. The molecule has 15 rings (SSSR count). The molecule has 0 atom stereocenters. The highest BCUT2D eigenvalue weighted by Gasteiger charge is 2.41. The number of hydrogen-bond donors (Lipinski definition) is 0. The van der Waals surface area contributed by atoms with Crippen LogP contribution in [0, 0.1) is 0 Å². The number of nitrogens with zero attached hydrogens (tertiary/aromatic N) is 3. The zero-order chi connectivity index (χ0) is 92.8. The van der Waals surface area contributed by atoms with E-state index in [2.05, 4.69) is 0 Å². The Bertz CT molecular complexity index is 7430. The van der Waals surface area contributed by atoms with Gasteiger partial charge in [-0.05, 0) is 104 Å². The number of hydrogen-bond acceptors (Lipinski definition) is 0. The summed E-state index contributed by atoms with van der Waals surface area (Å²) in [6, 6.07) is -62.0. The van der Waals surface area contributed by atoms with E-state index in [0.717, 1.165) is 0 Å². The van der Waals surface area contributed by atoms with Crippen LogP contribution in [-0.2, 0) is 0 Å². The number of rotatable bonds is 9. The summed E-state index contributed by atoms with van der Waals surface area (Å²) in [4.78, 5) is 0. The highest BCUT2D eigenvalue weighted by molar-refractivity contribution is 7.20. The molecule has 3 nitrogen and oxygen atoms in total. The Hall–Kier alpha value is -9.74. The lowest BCUT2D eigenvalue weighted by atomic mass is 10.0. The van der Waals surface area contributed by atoms with E-state index in [-0.39, 0.29) is 0 Å². The van der Waals surface area contributed by atoms with Crippen LogP contribution in [0.25, 0.3) is 105 Å². The molecule has 356 valence electrons. The highest BCUT2D eigenvalue weighted by Crippen LogP contribution is 2.41. The van der Waals surface area contributed by atoms with E-state index < -0.39 is 430 Å². The van der Waals surface area contributed by atoms with Gasteiger partial charge in [0.05, 0.1) is 106 Å². The molecule has 12 aromatic carbocycles. The Kier molecular flexibility index (Phi) is 3.94. The second kappa shape index (κ2) is 17.7. The quantitative estimate of drug-likeness (QED) is 0.101. The molecular weight excluding hydrogens is 935 g/mol. The monoisotopic (exact) mass is 1030 g/mol. The summed E-state index contributed by atoms with van der Waals surface area (Å²) in [5.74, 6) is 0. The summed E-state index contributed by atoms with van der Waals surface area (Å²) < 4.78 is 465. The largest absolute Gasteiger partial charge is 0.309 e. The molecule has 0 N–H and O–H groups in total. The van der Waals surface area contributed by atoms with E-state index in [1.807, 2.05) is 0 Å². The number of benzene rings is 12. The molecule has 3 aromatic heterocycles. The summed E-state index contributed by atoms with van der Waals surface area (Å²) in [7, 11) is -6.75. The SMILES string of the molecule is [2H]c1c([2H])c([2H])c(-c2c([2H])c([2H])c([2H])c(-n3c4c([2H])c([2H])c([2H])c([2H])c4c4c([2H])c(-n5c6c([2H])c([2H])c([2H])c([2H])c6c6c([2H])c([2H])c(-c7c([2H])c([2H])c([2H])c([2H])c7-n7c8c([2H])c([2H])c([2H])c([2H])c8c8c([2H])c([Si](c9c([2H])c([2H])c([2H])c([2H])c9[2H])(c9c([2H])c([2H])c([2H])c([2H])c9[2H])c9c([2H])c([2H])c([2H])c([2H])c9[2H])c([2H])c([2H])c87)c([2H])c65)c([2H])c([2H])c43)c2[2H])c([2H])c1[2H]. The van der Waals surface area contributed by atoms with Gasteiger partial charge in [0.25, 0.3) is 0 Å². The summed E-state index contributed by atoms with van der Waals surface area (Å²) in [5, 5.41) is -11.0. The standard InChI is InChI=1S/C72H49N3Si/c1-5-22-50(23-6-1)51-24-21-25-53(46-51)73-68-38-19-15-34-61(68)64-48-54(41-44-70(64)73)74-67-37-18-14-33-60(67)63-43-40-52(47-72(63)74)59-32-13-17-36-66(59)75-69-39-20-16-35-62(69)65-49-58(42-45-71(65)75)76(55-26-7-2-8-27-55,56-28-9-3-10-29-56)57-30-11-4-12-31-57/h1-49H/i1D,2D,3D,4D,5D,6D,7D,8D,9D,10D,11D,12D,13D,14D,15D,16D,17D,18D,19D,20D,21D,22D,23D,24D,25D,26D,27D,28D,29D,30D,31D,32D,33D,34D,35D,36D,37D,38D,39D,40D,41D,42D,43D,44D,45D,46D,47D,48D,49D. The molecule has 0 bridgehead atoms. The predicted molar refractivity (Wildman–Crippen MR) is 324 cm³/mol. The third-order valence-electron chi connectivity index (χ3n) is 12.4. The van der Waals surface area contributed by atoms with Gasteiger partial charge in [-0.3, -0.25) is 0 Å². The Labute approximate surface area is 510 Å². The first-order chi connectivity index (χ1) is 58.1.